The first kappa shape index (κ1) is 20.0. The first-order valence-corrected chi connectivity index (χ1v) is 8.79. The lowest BCUT2D eigenvalue weighted by molar-refractivity contribution is -0.142. The number of ketones is 1. The molecular weight excluding hydrogens is 416 g/mol. The fraction of sp³-hybridized carbons (Fsp3) is 0.353. The summed E-state index contributed by atoms with van der Waals surface area (Å²) in [5.74, 6) is -4.84. The van der Waals surface area contributed by atoms with Crippen molar-refractivity contribution in [1.29, 1.82) is 0 Å². The molecule has 1 N–H and O–H groups in total. The van der Waals surface area contributed by atoms with Gasteiger partial charge in [-0.1, -0.05) is 15.9 Å². The maximum Gasteiger partial charge on any atom is 0.308 e. The van der Waals surface area contributed by atoms with Gasteiger partial charge in [-0.25, -0.2) is 8.78 Å². The van der Waals surface area contributed by atoms with Gasteiger partial charge in [-0.05, 0) is 31.5 Å². The van der Waals surface area contributed by atoms with Crippen molar-refractivity contribution in [2.45, 2.75) is 32.3 Å². The minimum absolute atomic E-state index is 0.116. The molecule has 2 rings (SSSR count). The van der Waals surface area contributed by atoms with Crippen LogP contribution in [-0.2, 0) is 29.5 Å². The van der Waals surface area contributed by atoms with E-state index in [1.165, 1.54) is 6.92 Å². The number of benzene rings is 1. The van der Waals surface area contributed by atoms with E-state index in [1.807, 2.05) is 0 Å². The molecule has 0 spiro atoms. The van der Waals surface area contributed by atoms with Gasteiger partial charge in [0.15, 0.2) is 0 Å². The Kier molecular flexibility index (Phi) is 6.12. The average Bonchev–Trinajstić information content (AvgIpc) is 2.80. The number of hydrogen-bond donors (Lipinski definition) is 1. The van der Waals surface area contributed by atoms with E-state index < -0.39 is 46.5 Å². The summed E-state index contributed by atoms with van der Waals surface area (Å²) >= 11 is 3.18. The number of esters is 1. The SMILES string of the molecule is CC(=O)OC1=C(NC(=O)CCCBr)OC(C)(c2cc(F)ccc2F)C1=O. The molecule has 6 nitrogen and oxygen atoms in total. The lowest BCUT2D eigenvalue weighted by atomic mass is 9.91. The number of halogens is 3. The van der Waals surface area contributed by atoms with Crippen molar-refractivity contribution in [2.75, 3.05) is 5.33 Å². The van der Waals surface area contributed by atoms with Crippen LogP contribution in [0.15, 0.2) is 29.8 Å². The summed E-state index contributed by atoms with van der Waals surface area (Å²) in [6, 6.07) is 2.56. The van der Waals surface area contributed by atoms with Crippen LogP contribution in [0.1, 0.15) is 32.3 Å². The second kappa shape index (κ2) is 7.94. The average molecular weight is 432 g/mol. The third-order valence-electron chi connectivity index (χ3n) is 3.63. The van der Waals surface area contributed by atoms with Crippen LogP contribution in [-0.4, -0.2) is 23.0 Å². The number of amides is 1. The van der Waals surface area contributed by atoms with Crippen LogP contribution in [0.25, 0.3) is 0 Å². The van der Waals surface area contributed by atoms with Crippen molar-refractivity contribution in [3.8, 4) is 0 Å². The molecule has 0 saturated carbocycles. The number of rotatable bonds is 6. The third kappa shape index (κ3) is 4.09. The van der Waals surface area contributed by atoms with Gasteiger partial charge in [-0.3, -0.25) is 19.7 Å². The van der Waals surface area contributed by atoms with Gasteiger partial charge >= 0.3 is 5.97 Å². The summed E-state index contributed by atoms with van der Waals surface area (Å²) in [6.07, 6.45) is 0.635. The highest BCUT2D eigenvalue weighted by atomic mass is 79.9. The number of nitrogens with one attached hydrogen (secondary N) is 1. The summed E-state index contributed by atoms with van der Waals surface area (Å²) in [6.45, 7) is 2.26. The summed E-state index contributed by atoms with van der Waals surface area (Å²) in [4.78, 5) is 36.0. The topological polar surface area (TPSA) is 81.7 Å². The maximum absolute atomic E-state index is 14.2. The molecule has 1 heterocycles. The predicted octanol–water partition coefficient (Wildman–Crippen LogP) is 2.80. The van der Waals surface area contributed by atoms with Gasteiger partial charge in [0, 0.05) is 24.2 Å². The molecule has 26 heavy (non-hydrogen) atoms. The van der Waals surface area contributed by atoms with Crippen LogP contribution in [0.3, 0.4) is 0 Å². The zero-order valence-corrected chi connectivity index (χ0v) is 15.6. The van der Waals surface area contributed by atoms with Gasteiger partial charge in [-0.2, -0.15) is 0 Å². The second-order valence-corrected chi connectivity index (χ2v) is 6.47. The highest BCUT2D eigenvalue weighted by Crippen LogP contribution is 2.39. The van der Waals surface area contributed by atoms with E-state index in [0.29, 0.717) is 11.8 Å². The van der Waals surface area contributed by atoms with Gasteiger partial charge < -0.3 is 9.47 Å². The largest absolute Gasteiger partial charge is 0.456 e. The van der Waals surface area contributed by atoms with Crippen LogP contribution >= 0.6 is 15.9 Å². The Morgan fingerprint density at radius 3 is 2.65 bits per heavy atom. The lowest BCUT2D eigenvalue weighted by Gasteiger charge is -2.24. The summed E-state index contributed by atoms with van der Waals surface area (Å²) < 4.78 is 38.0. The number of carbonyl (C=O) groups excluding carboxylic acids is 3. The Hall–Kier alpha value is -2.29. The smallest absolute Gasteiger partial charge is 0.308 e. The number of carbonyl (C=O) groups is 3. The Morgan fingerprint density at radius 2 is 2.04 bits per heavy atom. The standard InChI is InChI=1S/C17H16BrF2NO5/c1-9(22)25-14-15(24)17(2,11-8-10(19)5-6-12(11)20)26-16(14)21-13(23)4-3-7-18/h5-6,8H,3-4,7H2,1-2H3,(H,21,23). The number of Topliss-reactive ketones (excluding diaryl/α,β-unsaturated/α-hetero) is 1. The van der Waals surface area contributed by atoms with Crippen molar-refractivity contribution >= 4 is 33.6 Å². The van der Waals surface area contributed by atoms with Crippen LogP contribution < -0.4 is 5.32 Å². The van der Waals surface area contributed by atoms with Gasteiger partial charge in [0.25, 0.3) is 5.78 Å². The molecule has 1 amide bonds. The van der Waals surface area contributed by atoms with Crippen LogP contribution in [0.4, 0.5) is 8.78 Å². The quantitative estimate of drug-likeness (QED) is 0.553. The fourth-order valence-corrected chi connectivity index (χ4v) is 2.67. The first-order chi connectivity index (χ1) is 12.2. The normalized spacial score (nSPS) is 19.3. The molecule has 0 fully saturated rings. The first-order valence-electron chi connectivity index (χ1n) is 7.67. The van der Waals surface area contributed by atoms with E-state index in [0.717, 1.165) is 25.1 Å². The molecule has 1 unspecified atom stereocenters. The van der Waals surface area contributed by atoms with Gasteiger partial charge in [-0.15, -0.1) is 0 Å². The predicted molar refractivity (Wildman–Crippen MR) is 89.8 cm³/mol. The second-order valence-electron chi connectivity index (χ2n) is 5.68. The number of alkyl halides is 1. The molecule has 0 bridgehead atoms. The highest BCUT2D eigenvalue weighted by Gasteiger charge is 2.51. The van der Waals surface area contributed by atoms with E-state index in [1.54, 1.807) is 0 Å². The molecule has 0 aromatic heterocycles. The van der Waals surface area contributed by atoms with Crippen LogP contribution in [0.2, 0.25) is 0 Å². The Balaban J connectivity index is 2.40. The molecule has 0 saturated heterocycles. The molecule has 9 heteroatoms. The molecule has 0 radical (unpaired) electrons. The van der Waals surface area contributed by atoms with Crippen LogP contribution in [0.5, 0.6) is 0 Å². The minimum Gasteiger partial charge on any atom is -0.456 e. The van der Waals surface area contributed by atoms with Gasteiger partial charge in [0.05, 0.1) is 0 Å². The molecule has 1 aromatic rings. The van der Waals surface area contributed by atoms with E-state index >= 15 is 0 Å². The summed E-state index contributed by atoms with van der Waals surface area (Å²) in [5, 5.41) is 2.93. The maximum atomic E-state index is 14.2. The molecule has 140 valence electrons. The van der Waals surface area contributed by atoms with Crippen LogP contribution in [0, 0.1) is 11.6 Å². The van der Waals surface area contributed by atoms with Crippen molar-refractivity contribution in [3.63, 3.8) is 0 Å². The number of hydrogen-bond acceptors (Lipinski definition) is 5. The molecule has 1 aliphatic heterocycles. The van der Waals surface area contributed by atoms with Crippen molar-refractivity contribution in [3.05, 3.63) is 47.0 Å². The third-order valence-corrected chi connectivity index (χ3v) is 4.19. The highest BCUT2D eigenvalue weighted by molar-refractivity contribution is 9.09. The summed E-state index contributed by atoms with van der Waals surface area (Å²) in [5.41, 5.74) is -2.37. The van der Waals surface area contributed by atoms with Crippen molar-refractivity contribution in [2.24, 2.45) is 0 Å². The molecular formula is C17H16BrF2NO5. The molecule has 1 aliphatic rings. The lowest BCUT2D eigenvalue weighted by Crippen LogP contribution is -2.33. The van der Waals surface area contributed by atoms with E-state index in [2.05, 4.69) is 21.2 Å². The van der Waals surface area contributed by atoms with Crippen molar-refractivity contribution in [1.82, 2.24) is 5.32 Å². The Labute approximate surface area is 156 Å². The fourth-order valence-electron chi connectivity index (χ4n) is 2.39. The Bertz CT molecular complexity index is 795. The molecule has 1 aromatic carbocycles. The number of ether oxygens (including phenoxy) is 2. The zero-order chi connectivity index (χ0) is 19.5. The monoisotopic (exact) mass is 431 g/mol. The van der Waals surface area contributed by atoms with E-state index in [9.17, 15) is 23.2 Å². The Morgan fingerprint density at radius 1 is 1.35 bits per heavy atom. The van der Waals surface area contributed by atoms with E-state index in [4.69, 9.17) is 9.47 Å². The minimum atomic E-state index is -1.99. The molecule has 1 atom stereocenters. The van der Waals surface area contributed by atoms with Gasteiger partial charge in [0.2, 0.25) is 23.2 Å². The summed E-state index contributed by atoms with van der Waals surface area (Å²) in [7, 11) is 0. The molecule has 0 aliphatic carbocycles. The van der Waals surface area contributed by atoms with Gasteiger partial charge in [0.1, 0.15) is 11.6 Å². The van der Waals surface area contributed by atoms with E-state index in [-0.39, 0.29) is 12.0 Å². The zero-order valence-electron chi connectivity index (χ0n) is 14.0. The van der Waals surface area contributed by atoms with Crippen molar-refractivity contribution < 1.29 is 32.6 Å².